The summed E-state index contributed by atoms with van der Waals surface area (Å²) < 4.78 is 0. The van der Waals surface area contributed by atoms with E-state index in [9.17, 15) is 0 Å². The molecular formula is C28H23N3. The molecule has 150 valence electrons. The van der Waals surface area contributed by atoms with Gasteiger partial charge in [-0.05, 0) is 35.4 Å². The number of rotatable bonds is 4. The first-order valence-corrected chi connectivity index (χ1v) is 10.4. The van der Waals surface area contributed by atoms with Gasteiger partial charge in [-0.1, -0.05) is 72.8 Å². The topological polar surface area (TPSA) is 28.0 Å². The largest absolute Gasteiger partial charge is 0.378 e. The number of benzene rings is 4. The van der Waals surface area contributed by atoms with E-state index in [0.717, 1.165) is 43.5 Å². The third-order valence-corrected chi connectivity index (χ3v) is 5.48. The second kappa shape index (κ2) is 8.04. The molecule has 0 spiro atoms. The van der Waals surface area contributed by atoms with Crippen molar-refractivity contribution in [3.05, 3.63) is 123 Å². The van der Waals surface area contributed by atoms with Crippen molar-refractivity contribution in [3.63, 3.8) is 0 Å². The third-order valence-electron chi connectivity index (χ3n) is 5.48. The summed E-state index contributed by atoms with van der Waals surface area (Å²) in [5, 5.41) is 4.36. The van der Waals surface area contributed by atoms with Gasteiger partial charge in [0, 0.05) is 41.7 Å². The lowest BCUT2D eigenvalue weighted by Gasteiger charge is -2.11. The molecule has 0 N–H and O–H groups in total. The molecule has 3 nitrogen and oxygen atoms in total. The highest BCUT2D eigenvalue weighted by atomic mass is 15.1. The van der Waals surface area contributed by atoms with E-state index in [2.05, 4.69) is 89.8 Å². The fourth-order valence-corrected chi connectivity index (χ4v) is 3.82. The Kier molecular flexibility index (Phi) is 4.93. The Labute approximate surface area is 181 Å². The maximum atomic E-state index is 4.94. The SMILES string of the molecule is CN(C)c1ccc(C=Nc2c3c(ccc2=Cc2ccccc2)=c2ccccc2=N3)cc1. The number of aliphatic imine (C=N–C) groups is 1. The molecule has 3 heteroatoms. The number of hydrogen-bond acceptors (Lipinski definition) is 3. The minimum atomic E-state index is 0.897. The van der Waals surface area contributed by atoms with Gasteiger partial charge in [-0.3, -0.25) is 4.99 Å². The number of fused-ring (bicyclic) bond motifs is 2. The van der Waals surface area contributed by atoms with Crippen LogP contribution in [-0.4, -0.2) is 20.3 Å². The monoisotopic (exact) mass is 401 g/mol. The Balaban J connectivity index is 1.69. The van der Waals surface area contributed by atoms with E-state index in [-0.39, 0.29) is 0 Å². The van der Waals surface area contributed by atoms with Crippen LogP contribution >= 0.6 is 0 Å². The van der Waals surface area contributed by atoms with Crippen molar-refractivity contribution in [3.8, 4) is 0 Å². The van der Waals surface area contributed by atoms with Crippen LogP contribution in [0.15, 0.2) is 101 Å². The molecule has 1 heterocycles. The van der Waals surface area contributed by atoms with Gasteiger partial charge in [0.15, 0.2) is 0 Å². The van der Waals surface area contributed by atoms with E-state index in [1.54, 1.807) is 0 Å². The van der Waals surface area contributed by atoms with Crippen LogP contribution in [0.1, 0.15) is 11.1 Å². The lowest BCUT2D eigenvalue weighted by Crippen LogP contribution is -2.08. The summed E-state index contributed by atoms with van der Waals surface area (Å²) in [7, 11) is 4.09. The van der Waals surface area contributed by atoms with Crippen LogP contribution in [0.2, 0.25) is 0 Å². The quantitative estimate of drug-likeness (QED) is 0.394. The standard InChI is InChI=1S/C28H23N3/c1-31(2)23-15-12-21(13-16-23)19-29-27-22(18-20-8-4-3-5-9-20)14-17-25-24-10-6-7-11-26(24)30-28(25)27/h3-19H,1-2H3. The number of nitrogens with zero attached hydrogens (tertiary/aromatic N) is 3. The Hall–Kier alpha value is -3.98. The molecule has 4 aromatic carbocycles. The van der Waals surface area contributed by atoms with Crippen LogP contribution in [0.4, 0.5) is 17.1 Å². The summed E-state index contributed by atoms with van der Waals surface area (Å²) in [5.74, 6) is 0. The molecule has 1 aliphatic rings. The molecule has 5 rings (SSSR count). The first-order valence-electron chi connectivity index (χ1n) is 10.4. The van der Waals surface area contributed by atoms with Crippen LogP contribution in [0.3, 0.4) is 0 Å². The highest BCUT2D eigenvalue weighted by Gasteiger charge is 2.10. The van der Waals surface area contributed by atoms with E-state index in [1.165, 1.54) is 5.69 Å². The minimum Gasteiger partial charge on any atom is -0.378 e. The van der Waals surface area contributed by atoms with E-state index in [1.807, 2.05) is 32.4 Å². The zero-order valence-corrected chi connectivity index (χ0v) is 17.7. The first-order chi connectivity index (χ1) is 15.2. The molecule has 0 fully saturated rings. The van der Waals surface area contributed by atoms with E-state index in [4.69, 9.17) is 9.98 Å². The Bertz CT molecular complexity index is 1480. The average molecular weight is 402 g/mol. The highest BCUT2D eigenvalue weighted by Crippen LogP contribution is 2.28. The minimum absolute atomic E-state index is 0.897. The van der Waals surface area contributed by atoms with Gasteiger partial charge in [-0.25, -0.2) is 4.99 Å². The van der Waals surface area contributed by atoms with Gasteiger partial charge in [0.2, 0.25) is 0 Å². The predicted molar refractivity (Wildman–Crippen MR) is 129 cm³/mol. The van der Waals surface area contributed by atoms with Gasteiger partial charge in [0.05, 0.1) is 16.7 Å². The van der Waals surface area contributed by atoms with E-state index < -0.39 is 0 Å². The molecule has 0 saturated heterocycles. The molecular weight excluding hydrogens is 378 g/mol. The molecule has 0 unspecified atom stereocenters. The molecule has 0 saturated carbocycles. The van der Waals surface area contributed by atoms with Gasteiger partial charge in [-0.15, -0.1) is 0 Å². The van der Waals surface area contributed by atoms with E-state index in [0.29, 0.717) is 0 Å². The van der Waals surface area contributed by atoms with Crippen molar-refractivity contribution in [1.82, 2.24) is 0 Å². The van der Waals surface area contributed by atoms with Crippen LogP contribution < -0.4 is 15.5 Å². The first kappa shape index (κ1) is 19.0. The smallest absolute Gasteiger partial charge is 0.0978 e. The molecule has 31 heavy (non-hydrogen) atoms. The Morgan fingerprint density at radius 2 is 1.45 bits per heavy atom. The summed E-state index contributed by atoms with van der Waals surface area (Å²) in [6.07, 6.45) is 4.09. The van der Waals surface area contributed by atoms with Crippen molar-refractivity contribution in [2.24, 2.45) is 9.98 Å². The van der Waals surface area contributed by atoms with Gasteiger partial charge in [0.25, 0.3) is 0 Å². The zero-order chi connectivity index (χ0) is 21.2. The lowest BCUT2D eigenvalue weighted by atomic mass is 10.1. The normalized spacial score (nSPS) is 12.5. The van der Waals surface area contributed by atoms with Gasteiger partial charge < -0.3 is 4.90 Å². The second-order valence-corrected chi connectivity index (χ2v) is 7.83. The summed E-state index contributed by atoms with van der Waals surface area (Å²) in [6, 6.07) is 31.3. The number of anilines is 1. The molecule has 0 radical (unpaired) electrons. The zero-order valence-electron chi connectivity index (χ0n) is 17.7. The van der Waals surface area contributed by atoms with Gasteiger partial charge in [0.1, 0.15) is 0 Å². The predicted octanol–water partition coefficient (Wildman–Crippen LogP) is 4.88. The maximum Gasteiger partial charge on any atom is 0.0978 e. The van der Waals surface area contributed by atoms with Gasteiger partial charge >= 0.3 is 0 Å². The Morgan fingerprint density at radius 3 is 2.23 bits per heavy atom. The lowest BCUT2D eigenvalue weighted by molar-refractivity contribution is 1.13. The third kappa shape index (κ3) is 3.78. The van der Waals surface area contributed by atoms with Crippen LogP contribution in [0.25, 0.3) is 6.08 Å². The molecule has 0 aromatic heterocycles. The summed E-state index contributed by atoms with van der Waals surface area (Å²) >= 11 is 0. The Morgan fingerprint density at radius 1 is 0.710 bits per heavy atom. The van der Waals surface area contributed by atoms with Crippen LogP contribution in [0.5, 0.6) is 0 Å². The molecule has 0 atom stereocenters. The fourth-order valence-electron chi connectivity index (χ4n) is 3.82. The molecule has 0 aliphatic carbocycles. The second-order valence-electron chi connectivity index (χ2n) is 7.83. The summed E-state index contributed by atoms with van der Waals surface area (Å²) in [4.78, 5) is 12.0. The van der Waals surface area contributed by atoms with E-state index >= 15 is 0 Å². The van der Waals surface area contributed by atoms with Crippen molar-refractivity contribution in [2.75, 3.05) is 19.0 Å². The fraction of sp³-hybridized carbons (Fsp3) is 0.0714. The van der Waals surface area contributed by atoms with Crippen LogP contribution in [-0.2, 0) is 0 Å². The maximum absolute atomic E-state index is 4.94. The summed E-state index contributed by atoms with van der Waals surface area (Å²) in [6.45, 7) is 0. The summed E-state index contributed by atoms with van der Waals surface area (Å²) in [5.41, 5.74) is 5.21. The highest BCUT2D eigenvalue weighted by molar-refractivity contribution is 5.85. The number of hydrogen-bond donors (Lipinski definition) is 0. The molecule has 1 aliphatic heterocycles. The van der Waals surface area contributed by atoms with Crippen molar-refractivity contribution in [1.29, 1.82) is 0 Å². The van der Waals surface area contributed by atoms with Crippen LogP contribution in [0, 0.1) is 10.4 Å². The van der Waals surface area contributed by atoms with Crippen molar-refractivity contribution >= 4 is 29.4 Å². The average Bonchev–Trinajstić information content (AvgIpc) is 3.18. The molecule has 0 bridgehead atoms. The molecule has 0 amide bonds. The van der Waals surface area contributed by atoms with Crippen molar-refractivity contribution < 1.29 is 0 Å². The van der Waals surface area contributed by atoms with Gasteiger partial charge in [-0.2, -0.15) is 0 Å². The van der Waals surface area contributed by atoms with Crippen molar-refractivity contribution in [2.45, 2.75) is 0 Å². The molecule has 4 aromatic rings. The number of para-hydroxylation sites is 1.